The standard InChI is InChI=1S/C21H17FN4/c1-26(2)20-13-18(14-7-9-23-10-8-14)21(25-24-20)19-12-16(22)11-15-5-3-4-6-17(15)19/h3-13H,1-2H3. The minimum absolute atomic E-state index is 0.294. The van der Waals surface area contributed by atoms with Crippen LogP contribution in [0.4, 0.5) is 10.2 Å². The van der Waals surface area contributed by atoms with Gasteiger partial charge in [-0.2, -0.15) is 0 Å². The van der Waals surface area contributed by atoms with Gasteiger partial charge in [0.05, 0.1) is 0 Å². The summed E-state index contributed by atoms with van der Waals surface area (Å²) in [5.74, 6) is 0.444. The Bertz CT molecular complexity index is 1080. The van der Waals surface area contributed by atoms with E-state index < -0.39 is 0 Å². The molecule has 5 heteroatoms. The Labute approximate surface area is 151 Å². The summed E-state index contributed by atoms with van der Waals surface area (Å²) in [7, 11) is 3.83. The molecule has 0 bridgehead atoms. The summed E-state index contributed by atoms with van der Waals surface area (Å²) in [6, 6.07) is 16.6. The molecule has 0 aliphatic carbocycles. The third kappa shape index (κ3) is 2.88. The Balaban J connectivity index is 2.04. The molecule has 4 rings (SSSR count). The van der Waals surface area contributed by atoms with E-state index >= 15 is 0 Å². The molecule has 0 atom stereocenters. The second kappa shape index (κ2) is 6.52. The number of rotatable bonds is 3. The van der Waals surface area contributed by atoms with Crippen LogP contribution in [0.5, 0.6) is 0 Å². The van der Waals surface area contributed by atoms with E-state index in [1.807, 2.05) is 61.5 Å². The zero-order chi connectivity index (χ0) is 18.1. The summed E-state index contributed by atoms with van der Waals surface area (Å²) in [5, 5.41) is 10.5. The molecule has 0 spiro atoms. The first-order chi connectivity index (χ1) is 12.6. The molecular formula is C21H17FN4. The van der Waals surface area contributed by atoms with E-state index in [1.165, 1.54) is 12.1 Å². The van der Waals surface area contributed by atoms with Crippen molar-refractivity contribution in [1.29, 1.82) is 0 Å². The monoisotopic (exact) mass is 344 g/mol. The molecular weight excluding hydrogens is 327 g/mol. The molecule has 4 nitrogen and oxygen atoms in total. The molecule has 0 amide bonds. The molecule has 0 unspecified atom stereocenters. The van der Waals surface area contributed by atoms with Crippen LogP contribution in [0.3, 0.4) is 0 Å². The van der Waals surface area contributed by atoms with Crippen LogP contribution >= 0.6 is 0 Å². The van der Waals surface area contributed by atoms with Crippen molar-refractivity contribution in [3.63, 3.8) is 0 Å². The quantitative estimate of drug-likeness (QED) is 0.546. The molecule has 26 heavy (non-hydrogen) atoms. The van der Waals surface area contributed by atoms with E-state index in [-0.39, 0.29) is 5.82 Å². The summed E-state index contributed by atoms with van der Waals surface area (Å²) in [6.45, 7) is 0. The van der Waals surface area contributed by atoms with Crippen molar-refractivity contribution in [3.05, 3.63) is 72.8 Å². The van der Waals surface area contributed by atoms with Crippen molar-refractivity contribution in [1.82, 2.24) is 15.2 Å². The van der Waals surface area contributed by atoms with Gasteiger partial charge in [-0.3, -0.25) is 4.98 Å². The Kier molecular flexibility index (Phi) is 4.05. The smallest absolute Gasteiger partial charge is 0.151 e. The highest BCUT2D eigenvalue weighted by molar-refractivity contribution is 5.99. The summed E-state index contributed by atoms with van der Waals surface area (Å²) < 4.78 is 14.3. The van der Waals surface area contributed by atoms with E-state index in [0.717, 1.165) is 33.3 Å². The lowest BCUT2D eigenvalue weighted by Crippen LogP contribution is -2.12. The van der Waals surface area contributed by atoms with E-state index in [9.17, 15) is 4.39 Å². The number of hydrogen-bond donors (Lipinski definition) is 0. The van der Waals surface area contributed by atoms with Gasteiger partial charge >= 0.3 is 0 Å². The van der Waals surface area contributed by atoms with Crippen molar-refractivity contribution < 1.29 is 4.39 Å². The molecule has 0 radical (unpaired) electrons. The lowest BCUT2D eigenvalue weighted by Gasteiger charge is -2.16. The minimum Gasteiger partial charge on any atom is -0.361 e. The number of fused-ring (bicyclic) bond motifs is 1. The zero-order valence-corrected chi connectivity index (χ0v) is 14.5. The highest BCUT2D eigenvalue weighted by atomic mass is 19.1. The van der Waals surface area contributed by atoms with E-state index in [4.69, 9.17) is 0 Å². The fourth-order valence-corrected chi connectivity index (χ4v) is 3.02. The van der Waals surface area contributed by atoms with Gasteiger partial charge in [-0.1, -0.05) is 24.3 Å². The van der Waals surface area contributed by atoms with Crippen molar-refractivity contribution in [2.24, 2.45) is 0 Å². The van der Waals surface area contributed by atoms with Crippen LogP contribution in [0, 0.1) is 5.82 Å². The van der Waals surface area contributed by atoms with E-state index in [2.05, 4.69) is 15.2 Å². The molecule has 128 valence electrons. The maximum absolute atomic E-state index is 14.3. The van der Waals surface area contributed by atoms with Crippen LogP contribution in [-0.2, 0) is 0 Å². The first kappa shape index (κ1) is 16.1. The Morgan fingerprint density at radius 1 is 0.846 bits per heavy atom. The van der Waals surface area contributed by atoms with Crippen molar-refractivity contribution in [2.75, 3.05) is 19.0 Å². The first-order valence-electron chi connectivity index (χ1n) is 8.27. The van der Waals surface area contributed by atoms with Crippen LogP contribution in [0.15, 0.2) is 67.0 Å². The molecule has 0 aliphatic heterocycles. The van der Waals surface area contributed by atoms with Crippen LogP contribution in [0.1, 0.15) is 0 Å². The van der Waals surface area contributed by atoms with Crippen LogP contribution < -0.4 is 4.90 Å². The Morgan fingerprint density at radius 2 is 1.62 bits per heavy atom. The number of hydrogen-bond acceptors (Lipinski definition) is 4. The second-order valence-electron chi connectivity index (χ2n) is 6.27. The third-order valence-electron chi connectivity index (χ3n) is 4.31. The zero-order valence-electron chi connectivity index (χ0n) is 14.5. The third-order valence-corrected chi connectivity index (χ3v) is 4.31. The molecule has 2 heterocycles. The highest BCUT2D eigenvalue weighted by Gasteiger charge is 2.16. The number of pyridine rings is 1. The van der Waals surface area contributed by atoms with Gasteiger partial charge in [0.1, 0.15) is 11.5 Å². The first-order valence-corrected chi connectivity index (χ1v) is 8.27. The SMILES string of the molecule is CN(C)c1cc(-c2ccncc2)c(-c2cc(F)cc3ccccc23)nn1. The second-order valence-corrected chi connectivity index (χ2v) is 6.27. The fourth-order valence-electron chi connectivity index (χ4n) is 3.02. The van der Waals surface area contributed by atoms with Crippen molar-refractivity contribution in [2.45, 2.75) is 0 Å². The Hall–Kier alpha value is -3.34. The predicted octanol–water partition coefficient (Wildman–Crippen LogP) is 4.56. The maximum Gasteiger partial charge on any atom is 0.151 e. The van der Waals surface area contributed by atoms with Crippen molar-refractivity contribution >= 4 is 16.6 Å². The van der Waals surface area contributed by atoms with Gasteiger partial charge in [0.15, 0.2) is 5.82 Å². The summed E-state index contributed by atoms with van der Waals surface area (Å²) in [5.41, 5.74) is 3.23. The van der Waals surface area contributed by atoms with Crippen molar-refractivity contribution in [3.8, 4) is 22.4 Å². The van der Waals surface area contributed by atoms with Crippen LogP contribution in [-0.4, -0.2) is 29.3 Å². The van der Waals surface area contributed by atoms with Crippen LogP contribution in [0.2, 0.25) is 0 Å². The van der Waals surface area contributed by atoms with Gasteiger partial charge in [0, 0.05) is 37.6 Å². The van der Waals surface area contributed by atoms with Gasteiger partial charge in [-0.25, -0.2) is 4.39 Å². The van der Waals surface area contributed by atoms with Crippen LogP contribution in [0.25, 0.3) is 33.2 Å². The summed E-state index contributed by atoms with van der Waals surface area (Å²) in [4.78, 5) is 5.98. The summed E-state index contributed by atoms with van der Waals surface area (Å²) >= 11 is 0. The fraction of sp³-hybridized carbons (Fsp3) is 0.0952. The van der Waals surface area contributed by atoms with Gasteiger partial charge < -0.3 is 4.90 Å². The average Bonchev–Trinajstić information content (AvgIpc) is 2.67. The largest absolute Gasteiger partial charge is 0.361 e. The van der Waals surface area contributed by atoms with Gasteiger partial charge in [-0.05, 0) is 46.7 Å². The number of aromatic nitrogens is 3. The van der Waals surface area contributed by atoms with E-state index in [0.29, 0.717) is 5.69 Å². The number of anilines is 1. The van der Waals surface area contributed by atoms with Gasteiger partial charge in [-0.15, -0.1) is 10.2 Å². The molecule has 2 aromatic carbocycles. The molecule has 0 fully saturated rings. The summed E-state index contributed by atoms with van der Waals surface area (Å²) in [6.07, 6.45) is 3.47. The molecule has 0 saturated heterocycles. The number of benzene rings is 2. The van der Waals surface area contributed by atoms with E-state index in [1.54, 1.807) is 12.4 Å². The molecule has 4 aromatic rings. The topological polar surface area (TPSA) is 41.9 Å². The minimum atomic E-state index is -0.294. The van der Waals surface area contributed by atoms with Gasteiger partial charge in [0.25, 0.3) is 0 Å². The molecule has 0 saturated carbocycles. The number of halogens is 1. The molecule has 0 N–H and O–H groups in total. The maximum atomic E-state index is 14.3. The lowest BCUT2D eigenvalue weighted by atomic mass is 9.96. The Morgan fingerprint density at radius 3 is 2.38 bits per heavy atom. The normalized spacial score (nSPS) is 10.9. The lowest BCUT2D eigenvalue weighted by molar-refractivity contribution is 0.630. The molecule has 0 aliphatic rings. The van der Waals surface area contributed by atoms with Gasteiger partial charge in [0.2, 0.25) is 0 Å². The molecule has 2 aromatic heterocycles. The predicted molar refractivity (Wildman–Crippen MR) is 102 cm³/mol. The number of nitrogens with zero attached hydrogens (tertiary/aromatic N) is 4. The highest BCUT2D eigenvalue weighted by Crippen LogP contribution is 2.36. The average molecular weight is 344 g/mol.